The average molecular weight is 245 g/mol. The summed E-state index contributed by atoms with van der Waals surface area (Å²) in [6.07, 6.45) is 0. The molecule has 0 spiro atoms. The Kier molecular flexibility index (Phi) is 6.32. The number of rotatable bonds is 7. The van der Waals surface area contributed by atoms with E-state index in [1.165, 1.54) is 4.88 Å². The Balaban J connectivity index is 2.24. The lowest BCUT2D eigenvalue weighted by Gasteiger charge is -2.23. The lowest BCUT2D eigenvalue weighted by atomic mass is 10.2. The number of ether oxygens (including phenoxy) is 1. The quantitative estimate of drug-likeness (QED) is 0.586. The van der Waals surface area contributed by atoms with Crippen LogP contribution < -0.4 is 0 Å². The SMILES string of the molecule is CC(c1cccs1)N(C)CCOCCS. The fourth-order valence-corrected chi connectivity index (χ4v) is 2.29. The van der Waals surface area contributed by atoms with Gasteiger partial charge < -0.3 is 4.74 Å². The standard InChI is InChI=1S/C11H19NOS2/c1-10(11-4-3-9-15-11)12(2)5-6-13-7-8-14/h3-4,9-10,14H,5-8H2,1-2H3. The Bertz CT molecular complexity index is 251. The molecule has 0 aliphatic carbocycles. The average Bonchev–Trinajstić information content (AvgIpc) is 2.76. The van der Waals surface area contributed by atoms with Crippen LogP contribution in [0.15, 0.2) is 17.5 Å². The summed E-state index contributed by atoms with van der Waals surface area (Å²) in [5.74, 6) is 0.796. The van der Waals surface area contributed by atoms with Crippen molar-refractivity contribution in [2.45, 2.75) is 13.0 Å². The van der Waals surface area contributed by atoms with Crippen LogP contribution in [-0.4, -0.2) is 37.5 Å². The molecular formula is C11H19NOS2. The van der Waals surface area contributed by atoms with Gasteiger partial charge in [0, 0.05) is 23.2 Å². The number of nitrogens with zero attached hydrogens (tertiary/aromatic N) is 1. The molecule has 0 aliphatic heterocycles. The molecule has 1 heterocycles. The van der Waals surface area contributed by atoms with Gasteiger partial charge >= 0.3 is 0 Å². The first-order valence-electron chi connectivity index (χ1n) is 5.18. The van der Waals surface area contributed by atoms with Crippen LogP contribution in [0.5, 0.6) is 0 Å². The molecule has 0 saturated heterocycles. The van der Waals surface area contributed by atoms with Crippen molar-refractivity contribution in [3.8, 4) is 0 Å². The van der Waals surface area contributed by atoms with E-state index in [0.29, 0.717) is 6.04 Å². The summed E-state index contributed by atoms with van der Waals surface area (Å²) in [6.45, 7) is 4.72. The fourth-order valence-electron chi connectivity index (χ4n) is 1.32. The molecule has 0 bridgehead atoms. The van der Waals surface area contributed by atoms with Gasteiger partial charge in [-0.15, -0.1) is 11.3 Å². The van der Waals surface area contributed by atoms with E-state index >= 15 is 0 Å². The maximum Gasteiger partial charge on any atom is 0.0593 e. The van der Waals surface area contributed by atoms with Gasteiger partial charge in [0.1, 0.15) is 0 Å². The number of hydrogen-bond acceptors (Lipinski definition) is 4. The molecule has 15 heavy (non-hydrogen) atoms. The lowest BCUT2D eigenvalue weighted by Crippen LogP contribution is -2.26. The molecule has 0 aliphatic rings. The Morgan fingerprint density at radius 3 is 2.93 bits per heavy atom. The Labute approximate surface area is 102 Å². The van der Waals surface area contributed by atoms with Crippen molar-refractivity contribution in [1.29, 1.82) is 0 Å². The summed E-state index contributed by atoms with van der Waals surface area (Å²) in [4.78, 5) is 3.72. The highest BCUT2D eigenvalue weighted by Crippen LogP contribution is 2.22. The topological polar surface area (TPSA) is 12.5 Å². The fraction of sp³-hybridized carbons (Fsp3) is 0.636. The summed E-state index contributed by atoms with van der Waals surface area (Å²) in [5.41, 5.74) is 0. The van der Waals surface area contributed by atoms with Gasteiger partial charge in [-0.1, -0.05) is 6.07 Å². The van der Waals surface area contributed by atoms with Gasteiger partial charge in [-0.3, -0.25) is 4.90 Å². The number of likely N-dealkylation sites (N-methyl/N-ethyl adjacent to an activating group) is 1. The molecule has 0 radical (unpaired) electrons. The van der Waals surface area contributed by atoms with E-state index < -0.39 is 0 Å². The van der Waals surface area contributed by atoms with Crippen molar-refractivity contribution in [3.05, 3.63) is 22.4 Å². The van der Waals surface area contributed by atoms with E-state index in [-0.39, 0.29) is 0 Å². The van der Waals surface area contributed by atoms with Gasteiger partial charge in [-0.2, -0.15) is 12.6 Å². The summed E-state index contributed by atoms with van der Waals surface area (Å²) in [7, 11) is 2.13. The molecule has 1 aromatic heterocycles. The zero-order chi connectivity index (χ0) is 11.1. The van der Waals surface area contributed by atoms with Crippen molar-refractivity contribution in [2.75, 3.05) is 32.6 Å². The van der Waals surface area contributed by atoms with Crippen LogP contribution in [0.1, 0.15) is 17.8 Å². The summed E-state index contributed by atoms with van der Waals surface area (Å²) in [5, 5.41) is 2.12. The van der Waals surface area contributed by atoms with E-state index in [2.05, 4.69) is 49.0 Å². The third-order valence-electron chi connectivity index (χ3n) is 2.44. The number of thiol groups is 1. The molecule has 0 amide bonds. The normalized spacial score (nSPS) is 13.3. The first-order chi connectivity index (χ1) is 7.25. The van der Waals surface area contributed by atoms with Crippen molar-refractivity contribution in [2.24, 2.45) is 0 Å². The molecule has 4 heteroatoms. The van der Waals surface area contributed by atoms with Gasteiger partial charge in [0.25, 0.3) is 0 Å². The molecule has 2 nitrogen and oxygen atoms in total. The predicted octanol–water partition coefficient (Wildman–Crippen LogP) is 2.69. The molecule has 0 N–H and O–H groups in total. The first-order valence-corrected chi connectivity index (χ1v) is 6.69. The third kappa shape index (κ3) is 4.55. The molecule has 1 unspecified atom stereocenters. The summed E-state index contributed by atoms with van der Waals surface area (Å²) < 4.78 is 5.41. The third-order valence-corrected chi connectivity index (χ3v) is 3.67. The highest BCUT2D eigenvalue weighted by molar-refractivity contribution is 7.80. The second-order valence-corrected chi connectivity index (χ2v) is 4.93. The van der Waals surface area contributed by atoms with E-state index in [1.807, 2.05) is 11.3 Å². The van der Waals surface area contributed by atoms with Crippen molar-refractivity contribution < 1.29 is 4.74 Å². The predicted molar refractivity (Wildman–Crippen MR) is 70.0 cm³/mol. The molecule has 1 atom stereocenters. The second-order valence-electron chi connectivity index (χ2n) is 3.51. The monoisotopic (exact) mass is 245 g/mol. The Morgan fingerprint density at radius 1 is 1.53 bits per heavy atom. The zero-order valence-corrected chi connectivity index (χ0v) is 11.1. The highest BCUT2D eigenvalue weighted by atomic mass is 32.1. The van der Waals surface area contributed by atoms with E-state index in [4.69, 9.17) is 4.74 Å². The zero-order valence-electron chi connectivity index (χ0n) is 9.35. The molecular weight excluding hydrogens is 226 g/mol. The van der Waals surface area contributed by atoms with E-state index in [9.17, 15) is 0 Å². The molecule has 0 fully saturated rings. The van der Waals surface area contributed by atoms with Gasteiger partial charge in [-0.25, -0.2) is 0 Å². The van der Waals surface area contributed by atoms with Gasteiger partial charge in [0.2, 0.25) is 0 Å². The number of hydrogen-bond donors (Lipinski definition) is 1. The van der Waals surface area contributed by atoms with Crippen LogP contribution in [0, 0.1) is 0 Å². The Hall–Kier alpha value is -0.0300. The van der Waals surface area contributed by atoms with Crippen LogP contribution in [0.2, 0.25) is 0 Å². The van der Waals surface area contributed by atoms with Gasteiger partial charge in [0.05, 0.1) is 13.2 Å². The summed E-state index contributed by atoms with van der Waals surface area (Å²) >= 11 is 5.91. The highest BCUT2D eigenvalue weighted by Gasteiger charge is 2.11. The molecule has 1 rings (SSSR count). The minimum Gasteiger partial charge on any atom is -0.379 e. The molecule has 1 aromatic rings. The van der Waals surface area contributed by atoms with Crippen LogP contribution in [0.3, 0.4) is 0 Å². The first kappa shape index (κ1) is 13.0. The Morgan fingerprint density at radius 2 is 2.33 bits per heavy atom. The van der Waals surface area contributed by atoms with Crippen molar-refractivity contribution >= 4 is 24.0 Å². The minimum absolute atomic E-state index is 0.476. The maximum atomic E-state index is 5.41. The minimum atomic E-state index is 0.476. The molecule has 86 valence electrons. The summed E-state index contributed by atoms with van der Waals surface area (Å²) in [6, 6.07) is 4.76. The van der Waals surface area contributed by atoms with Crippen LogP contribution in [0.4, 0.5) is 0 Å². The lowest BCUT2D eigenvalue weighted by molar-refractivity contribution is 0.112. The van der Waals surface area contributed by atoms with Crippen LogP contribution in [0.25, 0.3) is 0 Å². The maximum absolute atomic E-state index is 5.41. The number of thiophene rings is 1. The largest absolute Gasteiger partial charge is 0.379 e. The second kappa shape index (κ2) is 7.28. The van der Waals surface area contributed by atoms with Crippen LogP contribution in [-0.2, 0) is 4.74 Å². The molecule has 0 aromatic carbocycles. The van der Waals surface area contributed by atoms with Crippen molar-refractivity contribution in [1.82, 2.24) is 4.90 Å². The smallest absolute Gasteiger partial charge is 0.0593 e. The molecule has 0 saturated carbocycles. The van der Waals surface area contributed by atoms with Gasteiger partial charge in [-0.05, 0) is 25.4 Å². The van der Waals surface area contributed by atoms with E-state index in [0.717, 1.165) is 25.5 Å². The van der Waals surface area contributed by atoms with Crippen molar-refractivity contribution in [3.63, 3.8) is 0 Å². The van der Waals surface area contributed by atoms with Crippen LogP contribution >= 0.6 is 24.0 Å². The van der Waals surface area contributed by atoms with Gasteiger partial charge in [0.15, 0.2) is 0 Å². The van der Waals surface area contributed by atoms with E-state index in [1.54, 1.807) is 0 Å².